The Bertz CT molecular complexity index is 566. The van der Waals surface area contributed by atoms with Crippen LogP contribution in [0, 0.1) is 0 Å². The van der Waals surface area contributed by atoms with Gasteiger partial charge in [-0.2, -0.15) is 0 Å². The van der Waals surface area contributed by atoms with Crippen molar-refractivity contribution in [3.8, 4) is 11.4 Å². The normalized spacial score (nSPS) is 12.6. The first kappa shape index (κ1) is 14.8. The van der Waals surface area contributed by atoms with E-state index in [1.54, 1.807) is 12.1 Å². The van der Waals surface area contributed by atoms with Crippen molar-refractivity contribution in [3.63, 3.8) is 0 Å². The van der Waals surface area contributed by atoms with Crippen LogP contribution in [-0.2, 0) is 0 Å². The van der Waals surface area contributed by atoms with E-state index in [0.29, 0.717) is 16.5 Å². The van der Waals surface area contributed by atoms with E-state index < -0.39 is 0 Å². The predicted octanol–water partition coefficient (Wildman–Crippen LogP) is 3.72. The number of halogens is 1. The zero-order valence-corrected chi connectivity index (χ0v) is 12.6. The van der Waals surface area contributed by atoms with Crippen molar-refractivity contribution in [1.82, 2.24) is 20.2 Å². The topological polar surface area (TPSA) is 69.6 Å². The summed E-state index contributed by atoms with van der Waals surface area (Å²) < 4.78 is 1.83. The van der Waals surface area contributed by atoms with Crippen LogP contribution < -0.4 is 5.73 Å². The first-order chi connectivity index (χ1) is 9.63. The van der Waals surface area contributed by atoms with Gasteiger partial charge in [-0.05, 0) is 42.0 Å². The van der Waals surface area contributed by atoms with Crippen LogP contribution in [-0.4, -0.2) is 20.2 Å². The van der Waals surface area contributed by atoms with Gasteiger partial charge >= 0.3 is 0 Å². The quantitative estimate of drug-likeness (QED) is 0.651. The second-order valence-electron chi connectivity index (χ2n) is 5.03. The molecule has 5 nitrogen and oxygen atoms in total. The second-order valence-corrected chi connectivity index (χ2v) is 5.44. The number of anilines is 1. The molecular weight excluding hydrogens is 274 g/mol. The van der Waals surface area contributed by atoms with Gasteiger partial charge in [-0.15, -0.1) is 5.10 Å². The lowest BCUT2D eigenvalue weighted by Gasteiger charge is -2.14. The summed E-state index contributed by atoms with van der Waals surface area (Å²) in [6.07, 6.45) is 4.64. The third-order valence-electron chi connectivity index (χ3n) is 3.37. The van der Waals surface area contributed by atoms with Gasteiger partial charge in [0.1, 0.15) is 0 Å². The van der Waals surface area contributed by atoms with E-state index in [2.05, 4.69) is 29.4 Å². The minimum absolute atomic E-state index is 0.240. The highest BCUT2D eigenvalue weighted by molar-refractivity contribution is 6.33. The maximum Gasteiger partial charge on any atom is 0.183 e. The van der Waals surface area contributed by atoms with Crippen molar-refractivity contribution in [2.75, 3.05) is 5.73 Å². The molecule has 108 valence electrons. The van der Waals surface area contributed by atoms with Gasteiger partial charge in [0.25, 0.3) is 0 Å². The molecule has 1 unspecified atom stereocenters. The Balaban J connectivity index is 2.26. The number of tetrazole rings is 1. The van der Waals surface area contributed by atoms with E-state index in [1.807, 2.05) is 10.7 Å². The van der Waals surface area contributed by atoms with E-state index in [4.69, 9.17) is 17.3 Å². The van der Waals surface area contributed by atoms with Gasteiger partial charge < -0.3 is 5.73 Å². The van der Waals surface area contributed by atoms with Crippen LogP contribution in [0.2, 0.25) is 5.02 Å². The Labute approximate surface area is 124 Å². The molecular formula is C14H20ClN5. The number of hydrogen-bond acceptors (Lipinski definition) is 4. The molecule has 0 spiro atoms. The molecule has 1 atom stereocenters. The van der Waals surface area contributed by atoms with Crippen LogP contribution >= 0.6 is 11.6 Å². The van der Waals surface area contributed by atoms with Crippen LogP contribution in [0.1, 0.15) is 45.6 Å². The molecule has 1 aromatic heterocycles. The number of hydrogen-bond donors (Lipinski definition) is 1. The molecule has 6 heteroatoms. The third-order valence-corrected chi connectivity index (χ3v) is 3.70. The van der Waals surface area contributed by atoms with E-state index >= 15 is 0 Å². The van der Waals surface area contributed by atoms with Gasteiger partial charge in [0.05, 0.1) is 11.1 Å². The van der Waals surface area contributed by atoms with Gasteiger partial charge in [-0.1, -0.05) is 37.8 Å². The molecule has 0 bridgehead atoms. The summed E-state index contributed by atoms with van der Waals surface area (Å²) in [5, 5.41) is 12.6. The first-order valence-corrected chi connectivity index (χ1v) is 7.34. The molecule has 0 aliphatic heterocycles. The fraction of sp³-hybridized carbons (Fsp3) is 0.500. The SMILES string of the molecule is CCCCCC(C)n1nnnc1-c1cc(N)ccc1Cl. The van der Waals surface area contributed by atoms with Crippen molar-refractivity contribution in [2.45, 2.75) is 45.6 Å². The van der Waals surface area contributed by atoms with Crippen LogP contribution in [0.4, 0.5) is 5.69 Å². The van der Waals surface area contributed by atoms with Crippen molar-refractivity contribution in [3.05, 3.63) is 23.2 Å². The summed E-state index contributed by atoms with van der Waals surface area (Å²) in [4.78, 5) is 0. The molecule has 1 aromatic carbocycles. The fourth-order valence-corrected chi connectivity index (χ4v) is 2.40. The summed E-state index contributed by atoms with van der Waals surface area (Å²) in [5.41, 5.74) is 7.25. The number of aromatic nitrogens is 4. The number of nitrogen functional groups attached to an aromatic ring is 1. The highest BCUT2D eigenvalue weighted by Crippen LogP contribution is 2.30. The van der Waals surface area contributed by atoms with Crippen molar-refractivity contribution >= 4 is 17.3 Å². The Hall–Kier alpha value is -1.62. The van der Waals surface area contributed by atoms with Crippen LogP contribution in [0.15, 0.2) is 18.2 Å². The number of nitrogens with two attached hydrogens (primary N) is 1. The average molecular weight is 294 g/mol. The molecule has 0 aliphatic rings. The molecule has 0 saturated heterocycles. The predicted molar refractivity (Wildman–Crippen MR) is 81.5 cm³/mol. The summed E-state index contributed by atoms with van der Waals surface area (Å²) in [6, 6.07) is 5.59. The minimum atomic E-state index is 0.240. The molecule has 2 N–H and O–H groups in total. The van der Waals surface area contributed by atoms with Crippen molar-refractivity contribution < 1.29 is 0 Å². The summed E-state index contributed by atoms with van der Waals surface area (Å²) in [7, 11) is 0. The second kappa shape index (κ2) is 6.70. The molecule has 1 heterocycles. The van der Waals surface area contributed by atoms with Crippen molar-refractivity contribution in [2.24, 2.45) is 0 Å². The smallest absolute Gasteiger partial charge is 0.183 e. The lowest BCUT2D eigenvalue weighted by Crippen LogP contribution is -2.09. The third kappa shape index (κ3) is 3.28. The van der Waals surface area contributed by atoms with Gasteiger partial charge in [-0.25, -0.2) is 4.68 Å². The molecule has 0 aliphatic carbocycles. The van der Waals surface area contributed by atoms with Crippen LogP contribution in [0.3, 0.4) is 0 Å². The maximum atomic E-state index is 6.23. The average Bonchev–Trinajstić information content (AvgIpc) is 2.91. The lowest BCUT2D eigenvalue weighted by molar-refractivity contribution is 0.432. The number of unbranched alkanes of at least 4 members (excludes halogenated alkanes) is 2. The Kier molecular flexibility index (Phi) is 4.95. The van der Waals surface area contributed by atoms with E-state index in [-0.39, 0.29) is 6.04 Å². The zero-order chi connectivity index (χ0) is 14.5. The summed E-state index contributed by atoms with van der Waals surface area (Å²) >= 11 is 6.23. The summed E-state index contributed by atoms with van der Waals surface area (Å²) in [5.74, 6) is 0.672. The Morgan fingerprint density at radius 2 is 2.15 bits per heavy atom. The molecule has 0 saturated carbocycles. The molecule has 0 radical (unpaired) electrons. The number of nitrogens with zero attached hydrogens (tertiary/aromatic N) is 4. The highest BCUT2D eigenvalue weighted by Gasteiger charge is 2.16. The molecule has 20 heavy (non-hydrogen) atoms. The standard InChI is InChI=1S/C14H20ClN5/c1-3-4-5-6-10(2)20-14(17-18-19-20)12-9-11(16)7-8-13(12)15/h7-10H,3-6,16H2,1-2H3. The van der Waals surface area contributed by atoms with Gasteiger partial charge in [-0.3, -0.25) is 0 Å². The highest BCUT2D eigenvalue weighted by atomic mass is 35.5. The van der Waals surface area contributed by atoms with E-state index in [1.165, 1.54) is 19.3 Å². The first-order valence-electron chi connectivity index (χ1n) is 6.96. The maximum absolute atomic E-state index is 6.23. The monoisotopic (exact) mass is 293 g/mol. The van der Waals surface area contributed by atoms with E-state index in [9.17, 15) is 0 Å². The molecule has 0 fully saturated rings. The lowest BCUT2D eigenvalue weighted by atomic mass is 10.1. The van der Waals surface area contributed by atoms with Gasteiger partial charge in [0, 0.05) is 11.3 Å². The molecule has 2 aromatic rings. The number of rotatable bonds is 6. The Morgan fingerprint density at radius 3 is 2.90 bits per heavy atom. The largest absolute Gasteiger partial charge is 0.399 e. The zero-order valence-electron chi connectivity index (χ0n) is 11.9. The Morgan fingerprint density at radius 1 is 1.35 bits per heavy atom. The molecule has 2 rings (SSSR count). The van der Waals surface area contributed by atoms with Crippen molar-refractivity contribution in [1.29, 1.82) is 0 Å². The molecule has 0 amide bonds. The fourth-order valence-electron chi connectivity index (χ4n) is 2.19. The van der Waals surface area contributed by atoms with Gasteiger partial charge in [0.15, 0.2) is 5.82 Å². The van der Waals surface area contributed by atoms with Crippen LogP contribution in [0.25, 0.3) is 11.4 Å². The van der Waals surface area contributed by atoms with Crippen LogP contribution in [0.5, 0.6) is 0 Å². The number of benzene rings is 1. The van der Waals surface area contributed by atoms with E-state index in [0.717, 1.165) is 12.0 Å². The summed E-state index contributed by atoms with van der Waals surface area (Å²) in [6.45, 7) is 4.31. The van der Waals surface area contributed by atoms with Gasteiger partial charge in [0.2, 0.25) is 0 Å². The minimum Gasteiger partial charge on any atom is -0.399 e.